The van der Waals surface area contributed by atoms with Gasteiger partial charge in [0.1, 0.15) is 18.1 Å². The van der Waals surface area contributed by atoms with Crippen LogP contribution >= 0.6 is 0 Å². The first-order chi connectivity index (χ1) is 9.24. The Bertz CT molecular complexity index is 385. The van der Waals surface area contributed by atoms with Crippen molar-refractivity contribution in [2.75, 3.05) is 26.9 Å². The second-order valence-corrected chi connectivity index (χ2v) is 3.67. The van der Waals surface area contributed by atoms with E-state index < -0.39 is 6.29 Å². The standard InChI is InChI=1S/C14H20O5/c1-4-17-14(18-5-2)10-19-13-7-6-12(16-3)8-11(13)9-15/h6-9,14H,4-5,10H2,1-3H3. The molecule has 1 aromatic rings. The van der Waals surface area contributed by atoms with Crippen LogP contribution in [-0.2, 0) is 9.47 Å². The van der Waals surface area contributed by atoms with Gasteiger partial charge in [0.2, 0.25) is 0 Å². The molecule has 0 aliphatic rings. The molecular weight excluding hydrogens is 248 g/mol. The maximum Gasteiger partial charge on any atom is 0.191 e. The molecule has 0 fully saturated rings. The van der Waals surface area contributed by atoms with Gasteiger partial charge in [-0.05, 0) is 32.0 Å². The van der Waals surface area contributed by atoms with E-state index >= 15 is 0 Å². The summed E-state index contributed by atoms with van der Waals surface area (Å²) in [5, 5.41) is 0. The van der Waals surface area contributed by atoms with Gasteiger partial charge >= 0.3 is 0 Å². The fraction of sp³-hybridized carbons (Fsp3) is 0.500. The van der Waals surface area contributed by atoms with Crippen molar-refractivity contribution in [2.24, 2.45) is 0 Å². The Morgan fingerprint density at radius 2 is 1.89 bits per heavy atom. The van der Waals surface area contributed by atoms with Gasteiger partial charge in [0, 0.05) is 13.2 Å². The molecule has 0 bridgehead atoms. The Kier molecular flexibility index (Phi) is 6.92. The molecule has 0 saturated heterocycles. The number of rotatable bonds is 9. The van der Waals surface area contributed by atoms with Crippen molar-refractivity contribution in [3.05, 3.63) is 23.8 Å². The van der Waals surface area contributed by atoms with Crippen molar-refractivity contribution in [1.82, 2.24) is 0 Å². The Hall–Kier alpha value is -1.59. The van der Waals surface area contributed by atoms with Gasteiger partial charge < -0.3 is 18.9 Å². The van der Waals surface area contributed by atoms with E-state index in [4.69, 9.17) is 18.9 Å². The predicted octanol–water partition coefficient (Wildman–Crippen LogP) is 2.29. The first-order valence-electron chi connectivity index (χ1n) is 6.24. The van der Waals surface area contributed by atoms with Crippen LogP contribution in [0.25, 0.3) is 0 Å². The van der Waals surface area contributed by atoms with E-state index in [0.29, 0.717) is 30.3 Å². The van der Waals surface area contributed by atoms with E-state index in [9.17, 15) is 4.79 Å². The van der Waals surface area contributed by atoms with Crippen molar-refractivity contribution in [1.29, 1.82) is 0 Å². The minimum Gasteiger partial charge on any atom is -0.497 e. The van der Waals surface area contributed by atoms with Gasteiger partial charge in [-0.3, -0.25) is 4.79 Å². The summed E-state index contributed by atoms with van der Waals surface area (Å²) in [6.07, 6.45) is 0.297. The normalized spacial score (nSPS) is 10.5. The van der Waals surface area contributed by atoms with Gasteiger partial charge in [0.25, 0.3) is 0 Å². The lowest BCUT2D eigenvalue weighted by Crippen LogP contribution is -2.25. The number of hydrogen-bond donors (Lipinski definition) is 0. The van der Waals surface area contributed by atoms with Crippen LogP contribution in [0, 0.1) is 0 Å². The van der Waals surface area contributed by atoms with Crippen LogP contribution in [0.5, 0.6) is 11.5 Å². The number of methoxy groups -OCH3 is 1. The van der Waals surface area contributed by atoms with E-state index in [0.717, 1.165) is 6.29 Å². The minimum absolute atomic E-state index is 0.231. The van der Waals surface area contributed by atoms with E-state index in [2.05, 4.69) is 0 Å². The van der Waals surface area contributed by atoms with Gasteiger partial charge in [0.05, 0.1) is 12.7 Å². The summed E-state index contributed by atoms with van der Waals surface area (Å²) >= 11 is 0. The lowest BCUT2D eigenvalue weighted by Gasteiger charge is -2.18. The summed E-state index contributed by atoms with van der Waals surface area (Å²) in [5.41, 5.74) is 0.436. The maximum atomic E-state index is 11.0. The number of aldehydes is 1. The number of ether oxygens (including phenoxy) is 4. The topological polar surface area (TPSA) is 54.0 Å². The molecule has 0 amide bonds. The van der Waals surface area contributed by atoms with Crippen LogP contribution in [0.15, 0.2) is 18.2 Å². The molecule has 106 valence electrons. The molecule has 19 heavy (non-hydrogen) atoms. The molecule has 0 heterocycles. The predicted molar refractivity (Wildman–Crippen MR) is 70.9 cm³/mol. The Morgan fingerprint density at radius 3 is 2.42 bits per heavy atom. The first kappa shape index (κ1) is 15.5. The number of carbonyl (C=O) groups excluding carboxylic acids is 1. The maximum absolute atomic E-state index is 11.0. The highest BCUT2D eigenvalue weighted by molar-refractivity contribution is 5.80. The van der Waals surface area contributed by atoms with Crippen LogP contribution in [0.3, 0.4) is 0 Å². The molecule has 1 aromatic carbocycles. The molecule has 5 nitrogen and oxygen atoms in total. The van der Waals surface area contributed by atoms with E-state index in [1.807, 2.05) is 13.8 Å². The zero-order valence-electron chi connectivity index (χ0n) is 11.5. The molecule has 0 aliphatic heterocycles. The SMILES string of the molecule is CCOC(COc1ccc(OC)cc1C=O)OCC. The molecule has 0 radical (unpaired) electrons. The third-order valence-corrected chi connectivity index (χ3v) is 2.42. The van der Waals surface area contributed by atoms with Crippen LogP contribution in [-0.4, -0.2) is 39.5 Å². The summed E-state index contributed by atoms with van der Waals surface area (Å²) in [6, 6.07) is 5.05. The molecular formula is C14H20O5. The quantitative estimate of drug-likeness (QED) is 0.508. The lowest BCUT2D eigenvalue weighted by atomic mass is 10.2. The molecule has 0 unspecified atom stereocenters. The molecule has 0 aromatic heterocycles. The zero-order valence-corrected chi connectivity index (χ0v) is 11.5. The monoisotopic (exact) mass is 268 g/mol. The summed E-state index contributed by atoms with van der Waals surface area (Å²) in [5.74, 6) is 1.10. The summed E-state index contributed by atoms with van der Waals surface area (Å²) < 4.78 is 21.3. The van der Waals surface area contributed by atoms with Gasteiger partial charge in [-0.25, -0.2) is 0 Å². The summed E-state index contributed by atoms with van der Waals surface area (Å²) in [6.45, 7) is 5.08. The molecule has 5 heteroatoms. The average molecular weight is 268 g/mol. The molecule has 0 saturated carbocycles. The Labute approximate surface area is 113 Å². The fourth-order valence-electron chi connectivity index (χ4n) is 1.55. The van der Waals surface area contributed by atoms with Gasteiger partial charge in [-0.15, -0.1) is 0 Å². The molecule has 0 spiro atoms. The number of hydrogen-bond acceptors (Lipinski definition) is 5. The second-order valence-electron chi connectivity index (χ2n) is 3.67. The van der Waals surface area contributed by atoms with E-state index in [1.165, 1.54) is 0 Å². The van der Waals surface area contributed by atoms with Crippen LogP contribution in [0.2, 0.25) is 0 Å². The van der Waals surface area contributed by atoms with E-state index in [1.54, 1.807) is 25.3 Å². The van der Waals surface area contributed by atoms with Crippen LogP contribution in [0.1, 0.15) is 24.2 Å². The molecule has 0 aliphatic carbocycles. The highest BCUT2D eigenvalue weighted by Gasteiger charge is 2.11. The van der Waals surface area contributed by atoms with Crippen molar-refractivity contribution in [3.8, 4) is 11.5 Å². The largest absolute Gasteiger partial charge is 0.497 e. The van der Waals surface area contributed by atoms with Gasteiger partial charge in [-0.2, -0.15) is 0 Å². The Balaban J connectivity index is 2.67. The Morgan fingerprint density at radius 1 is 1.21 bits per heavy atom. The highest BCUT2D eigenvalue weighted by Crippen LogP contribution is 2.22. The van der Waals surface area contributed by atoms with Crippen LogP contribution < -0.4 is 9.47 Å². The summed E-state index contributed by atoms with van der Waals surface area (Å²) in [7, 11) is 1.55. The van der Waals surface area contributed by atoms with Gasteiger partial charge in [0.15, 0.2) is 12.6 Å². The fourth-order valence-corrected chi connectivity index (χ4v) is 1.55. The molecule has 0 N–H and O–H groups in total. The van der Waals surface area contributed by atoms with Gasteiger partial charge in [-0.1, -0.05) is 0 Å². The minimum atomic E-state index is -0.434. The van der Waals surface area contributed by atoms with Crippen molar-refractivity contribution >= 4 is 6.29 Å². The third kappa shape index (κ3) is 4.89. The lowest BCUT2D eigenvalue weighted by molar-refractivity contribution is -0.152. The molecule has 0 atom stereocenters. The first-order valence-corrected chi connectivity index (χ1v) is 6.24. The molecule has 1 rings (SSSR count). The number of benzene rings is 1. The van der Waals surface area contributed by atoms with E-state index in [-0.39, 0.29) is 6.61 Å². The smallest absolute Gasteiger partial charge is 0.191 e. The highest BCUT2D eigenvalue weighted by atomic mass is 16.7. The third-order valence-electron chi connectivity index (χ3n) is 2.42. The average Bonchev–Trinajstić information content (AvgIpc) is 2.45. The number of carbonyl (C=O) groups is 1. The van der Waals surface area contributed by atoms with Crippen LogP contribution in [0.4, 0.5) is 0 Å². The van der Waals surface area contributed by atoms with Crippen molar-refractivity contribution < 1.29 is 23.7 Å². The zero-order chi connectivity index (χ0) is 14.1. The van der Waals surface area contributed by atoms with Crippen molar-refractivity contribution in [2.45, 2.75) is 20.1 Å². The second kappa shape index (κ2) is 8.50. The van der Waals surface area contributed by atoms with Crippen molar-refractivity contribution in [3.63, 3.8) is 0 Å². The summed E-state index contributed by atoms with van der Waals surface area (Å²) in [4.78, 5) is 11.0.